The lowest BCUT2D eigenvalue weighted by molar-refractivity contribution is -0.310. The fraction of sp³-hybridized carbons (Fsp3) is 0.702. The highest BCUT2D eigenvalue weighted by Crippen LogP contribution is 2.38. The van der Waals surface area contributed by atoms with Crippen molar-refractivity contribution in [3.63, 3.8) is 0 Å². The maximum atomic E-state index is 12.6. The number of fused-ring (bicyclic) bond motifs is 2. The fourth-order valence-corrected chi connectivity index (χ4v) is 8.11. The number of rotatable bonds is 3. The monoisotopic (exact) mass is 961 g/mol. The summed E-state index contributed by atoms with van der Waals surface area (Å²) in [6.45, 7) is 6.78. The molecule has 0 radical (unpaired) electrons. The number of carboxylic acids is 1. The van der Waals surface area contributed by atoms with Crippen LogP contribution in [0, 0.1) is 17.8 Å². The number of aliphatic hydroxyl groups is 10. The van der Waals surface area contributed by atoms with Crippen LogP contribution < -0.4 is 5.73 Å². The molecule has 378 valence electrons. The van der Waals surface area contributed by atoms with Gasteiger partial charge in [0, 0.05) is 31.1 Å². The summed E-state index contributed by atoms with van der Waals surface area (Å²) in [7, 11) is 0. The maximum Gasteiger partial charge on any atom is 0.311 e. The Morgan fingerprint density at radius 2 is 1.27 bits per heavy atom. The van der Waals surface area contributed by atoms with E-state index in [0.717, 1.165) is 12.8 Å². The molecule has 2 unspecified atom stereocenters. The molecular formula is C47H76ClNO17. The summed E-state index contributed by atoms with van der Waals surface area (Å²) < 4.78 is 23.2. The normalized spacial score (nSPS) is 44.6. The van der Waals surface area contributed by atoms with Gasteiger partial charge in [0.15, 0.2) is 12.1 Å². The van der Waals surface area contributed by atoms with Gasteiger partial charge in [-0.05, 0) is 52.4 Å². The average molecular weight is 963 g/mol. The summed E-state index contributed by atoms with van der Waals surface area (Å²) >= 11 is 0. The van der Waals surface area contributed by atoms with E-state index in [0.29, 0.717) is 0 Å². The first-order valence-corrected chi connectivity index (χ1v) is 22.6. The lowest BCUT2D eigenvalue weighted by Crippen LogP contribution is -2.61. The van der Waals surface area contributed by atoms with E-state index in [-0.39, 0.29) is 50.4 Å². The number of halogens is 1. The van der Waals surface area contributed by atoms with Crippen LogP contribution in [0.2, 0.25) is 0 Å². The Bertz CT molecular complexity index is 1630. The zero-order valence-corrected chi connectivity index (χ0v) is 39.1. The largest absolute Gasteiger partial charge is 0.481 e. The molecule has 3 heterocycles. The van der Waals surface area contributed by atoms with E-state index in [9.17, 15) is 65.8 Å². The molecule has 19 heteroatoms. The summed E-state index contributed by atoms with van der Waals surface area (Å²) in [5, 5.41) is 118. The minimum atomic E-state index is -2.35. The van der Waals surface area contributed by atoms with Crippen molar-refractivity contribution in [1.82, 2.24) is 0 Å². The lowest BCUT2D eigenvalue weighted by atomic mass is 9.82. The van der Waals surface area contributed by atoms with Gasteiger partial charge in [-0.2, -0.15) is 0 Å². The van der Waals surface area contributed by atoms with Crippen LogP contribution in [0.1, 0.15) is 91.9 Å². The van der Waals surface area contributed by atoms with Gasteiger partial charge in [-0.25, -0.2) is 0 Å². The Labute approximate surface area is 393 Å². The molecule has 2 saturated heterocycles. The van der Waals surface area contributed by atoms with Gasteiger partial charge in [-0.3, -0.25) is 9.59 Å². The summed E-state index contributed by atoms with van der Waals surface area (Å²) in [5.74, 6) is -6.82. The third kappa shape index (κ3) is 19.6. The van der Waals surface area contributed by atoms with E-state index < -0.39 is 141 Å². The quantitative estimate of drug-likeness (QED) is 0.178. The van der Waals surface area contributed by atoms with Gasteiger partial charge in [0.05, 0.1) is 79.6 Å². The predicted octanol–water partition coefficient (Wildman–Crippen LogP) is 1.36. The van der Waals surface area contributed by atoms with E-state index in [1.165, 1.54) is 13.0 Å². The van der Waals surface area contributed by atoms with Gasteiger partial charge >= 0.3 is 11.9 Å². The molecule has 3 rings (SSSR count). The average Bonchev–Trinajstić information content (AvgIpc) is 3.21. The topological polar surface area (TPSA) is 320 Å². The Morgan fingerprint density at radius 1 is 0.697 bits per heavy atom. The number of carbonyl (C=O) groups is 2. The number of nitrogens with two attached hydrogens (primary N) is 1. The molecule has 0 amide bonds. The van der Waals surface area contributed by atoms with E-state index >= 15 is 0 Å². The molecule has 13 N–H and O–H groups in total. The number of carboxylic acid groups (broad SMARTS) is 1. The van der Waals surface area contributed by atoms with Gasteiger partial charge in [-0.15, -0.1) is 12.4 Å². The van der Waals surface area contributed by atoms with Crippen LogP contribution in [0.3, 0.4) is 0 Å². The van der Waals surface area contributed by atoms with E-state index in [1.54, 1.807) is 38.2 Å². The smallest absolute Gasteiger partial charge is 0.311 e. The van der Waals surface area contributed by atoms with Crippen LogP contribution in [-0.2, 0) is 28.5 Å². The molecule has 3 aliphatic rings. The third-order valence-corrected chi connectivity index (χ3v) is 12.2. The fourth-order valence-electron chi connectivity index (χ4n) is 8.11. The number of aliphatic hydroxyl groups excluding tert-OH is 9. The number of aliphatic carboxylic acids is 1. The highest BCUT2D eigenvalue weighted by atomic mass is 35.5. The van der Waals surface area contributed by atoms with Crippen molar-refractivity contribution in [2.24, 2.45) is 23.5 Å². The highest BCUT2D eigenvalue weighted by molar-refractivity contribution is 5.85. The zero-order chi connectivity index (χ0) is 48.4. The molecule has 2 fully saturated rings. The van der Waals surface area contributed by atoms with Crippen molar-refractivity contribution in [3.05, 3.63) is 72.9 Å². The zero-order valence-electron chi connectivity index (χ0n) is 38.2. The first-order valence-electron chi connectivity index (χ1n) is 22.6. The molecule has 19 atom stereocenters. The Hall–Kier alpha value is -2.89. The molecule has 0 saturated carbocycles. The molecule has 0 aliphatic carbocycles. The SMILES string of the molecule is C[C@H]1[C@H](O)[C@@H](C)/C=C/C=C/CC/C=C/C=C/C=C/C=C/[C@H](O[C@@H]2O[C@H](C)[C@@H](O)C(N)[C@@H]2O)C[C@@H]2O[C@](O)(C[C@@H](O)[C@H](O)CC[C@@H](O)CC(O)C[C@@H](O)CC(=O)O[C@H]1C)C[C@H](O)[C@H]2C(=O)O.Cl. The first-order chi connectivity index (χ1) is 30.6. The van der Waals surface area contributed by atoms with Gasteiger partial charge in [0.1, 0.15) is 18.1 Å². The summed E-state index contributed by atoms with van der Waals surface area (Å²) in [6, 6.07) is -1.14. The van der Waals surface area contributed by atoms with E-state index in [4.69, 9.17) is 24.7 Å². The van der Waals surface area contributed by atoms with E-state index in [1.807, 2.05) is 49.5 Å². The molecule has 2 bridgehead atoms. The summed E-state index contributed by atoms with van der Waals surface area (Å²) in [5.41, 5.74) is 6.02. The van der Waals surface area contributed by atoms with Crippen LogP contribution in [-0.4, -0.2) is 166 Å². The Morgan fingerprint density at radius 3 is 1.92 bits per heavy atom. The molecule has 18 nitrogen and oxygen atoms in total. The maximum absolute atomic E-state index is 12.6. The number of hydrogen-bond acceptors (Lipinski definition) is 17. The van der Waals surface area contributed by atoms with Gasteiger partial charge in [-0.1, -0.05) is 86.8 Å². The van der Waals surface area contributed by atoms with Crippen molar-refractivity contribution in [2.75, 3.05) is 0 Å². The second kappa shape index (κ2) is 29.2. The highest BCUT2D eigenvalue weighted by Gasteiger charge is 2.51. The number of ether oxygens (including phenoxy) is 4. The Kier molecular flexibility index (Phi) is 26.2. The van der Waals surface area contributed by atoms with Crippen LogP contribution in [0.25, 0.3) is 0 Å². The molecule has 0 aromatic carbocycles. The van der Waals surface area contributed by atoms with Crippen molar-refractivity contribution >= 4 is 24.3 Å². The number of carbonyl (C=O) groups excluding carboxylic acids is 1. The van der Waals surface area contributed by atoms with Crippen LogP contribution >= 0.6 is 12.4 Å². The molecule has 0 spiro atoms. The van der Waals surface area contributed by atoms with Gasteiger partial charge in [0.25, 0.3) is 0 Å². The first kappa shape index (κ1) is 59.2. The number of esters is 1. The number of allylic oxidation sites excluding steroid dienone is 10. The van der Waals surface area contributed by atoms with Crippen molar-refractivity contribution < 1.29 is 84.7 Å². The third-order valence-electron chi connectivity index (χ3n) is 12.2. The van der Waals surface area contributed by atoms with E-state index in [2.05, 4.69) is 0 Å². The summed E-state index contributed by atoms with van der Waals surface area (Å²) in [6.07, 6.45) is 2.28. The second-order valence-corrected chi connectivity index (χ2v) is 17.8. The summed E-state index contributed by atoms with van der Waals surface area (Å²) in [4.78, 5) is 25.1. The van der Waals surface area contributed by atoms with Gasteiger partial charge in [0.2, 0.25) is 0 Å². The standard InChI is InChI=1S/C47H75NO17.ClH/c1-27-17-15-13-11-9-7-5-6-8-10-12-14-16-18-34(64-46-44(58)41(48)43(57)30(4)63-46)24-38-40(45(59)60)37(54)26-47(61,65-38)25-36(53)35(52)20-19-31(49)21-32(50)22-33(51)23-39(55)62-29(3)28(2)42(27)56;/h5-6,8,10-18,27-38,40-44,46,49-54,56-58,61H,7,9,19-26,48H2,1-4H3,(H,59,60);1H/b6-5+,10-8+,13-11+,14-12+,17-15+,18-16+;/t27-,28+,29-,30+,31+,32?,33+,34-,35+,36+,37-,38-,40+,41?,42+,43+,44-,46-,47+;/m0./s1. The van der Waals surface area contributed by atoms with Crippen LogP contribution in [0.5, 0.6) is 0 Å². The second-order valence-electron chi connectivity index (χ2n) is 17.8. The number of hydrogen-bond donors (Lipinski definition) is 12. The van der Waals surface area contributed by atoms with Crippen molar-refractivity contribution in [3.8, 4) is 0 Å². The molecular weight excluding hydrogens is 886 g/mol. The minimum Gasteiger partial charge on any atom is -0.481 e. The van der Waals surface area contributed by atoms with Crippen molar-refractivity contribution in [1.29, 1.82) is 0 Å². The predicted molar refractivity (Wildman–Crippen MR) is 244 cm³/mol. The molecule has 66 heavy (non-hydrogen) atoms. The minimum absolute atomic E-state index is 0. The Balaban J connectivity index is 0.0000150. The van der Waals surface area contributed by atoms with Crippen molar-refractivity contribution in [2.45, 2.75) is 189 Å². The molecule has 0 aromatic rings. The molecule has 0 aromatic heterocycles. The van der Waals surface area contributed by atoms with Crippen LogP contribution in [0.4, 0.5) is 0 Å². The lowest BCUT2D eigenvalue weighted by Gasteiger charge is -2.45. The number of cyclic esters (lactones) is 1. The molecule has 3 aliphatic heterocycles. The van der Waals surface area contributed by atoms with Crippen LogP contribution in [0.15, 0.2) is 72.9 Å². The van der Waals surface area contributed by atoms with Gasteiger partial charge < -0.3 is 80.9 Å².